The van der Waals surface area contributed by atoms with E-state index in [1.54, 1.807) is 79.9 Å². The summed E-state index contributed by atoms with van der Waals surface area (Å²) in [4.78, 5) is 44.3. The van der Waals surface area contributed by atoms with Gasteiger partial charge in [-0.25, -0.2) is 4.98 Å². The fraction of sp³-hybridized carbons (Fsp3) is 0.0588. The molecule has 5 aromatic rings. The number of thiazole rings is 1. The number of thioether (sulfide) groups is 1. The van der Waals surface area contributed by atoms with E-state index in [2.05, 4.69) is 20.9 Å². The molecule has 0 spiro atoms. The van der Waals surface area contributed by atoms with E-state index >= 15 is 0 Å². The topological polar surface area (TPSA) is 109 Å². The highest BCUT2D eigenvalue weighted by Gasteiger charge is 2.16. The van der Waals surface area contributed by atoms with Crippen LogP contribution in [0.25, 0.3) is 17.3 Å². The Morgan fingerprint density at radius 3 is 2.47 bits per heavy atom. The molecule has 0 saturated heterocycles. The maximum Gasteiger partial charge on any atom is 0.272 e. The van der Waals surface area contributed by atoms with Crippen LogP contribution < -0.4 is 20.7 Å². The number of aromatic nitrogens is 1. The molecule has 0 aliphatic heterocycles. The molecule has 11 heteroatoms. The second-order valence-electron chi connectivity index (χ2n) is 9.46. The van der Waals surface area contributed by atoms with Crippen LogP contribution in [0.15, 0.2) is 119 Å². The first-order valence-electron chi connectivity index (χ1n) is 13.6. The van der Waals surface area contributed by atoms with Crippen LogP contribution in [-0.4, -0.2) is 35.6 Å². The molecule has 5 rings (SSSR count). The first-order chi connectivity index (χ1) is 21.9. The number of carbonyl (C=O) groups is 3. The maximum absolute atomic E-state index is 13.4. The van der Waals surface area contributed by atoms with Crippen LogP contribution in [0.4, 0.5) is 10.8 Å². The van der Waals surface area contributed by atoms with Crippen molar-refractivity contribution in [3.63, 3.8) is 0 Å². The molecule has 0 saturated carbocycles. The predicted octanol–water partition coefficient (Wildman–Crippen LogP) is 7.61. The van der Waals surface area contributed by atoms with Gasteiger partial charge in [-0.05, 0) is 60.2 Å². The molecule has 226 valence electrons. The highest BCUT2D eigenvalue weighted by atomic mass is 35.5. The number of anilines is 2. The minimum absolute atomic E-state index is 0.0188. The summed E-state index contributed by atoms with van der Waals surface area (Å²) in [5.74, 6) is -0.355. The van der Waals surface area contributed by atoms with Crippen molar-refractivity contribution in [3.05, 3.63) is 130 Å². The Hall–Kier alpha value is -4.90. The quantitative estimate of drug-likeness (QED) is 0.0999. The van der Waals surface area contributed by atoms with E-state index in [1.807, 2.05) is 35.7 Å². The van der Waals surface area contributed by atoms with Crippen LogP contribution in [0.5, 0.6) is 5.75 Å². The highest BCUT2D eigenvalue weighted by Crippen LogP contribution is 2.32. The fourth-order valence-corrected chi connectivity index (χ4v) is 5.84. The van der Waals surface area contributed by atoms with Gasteiger partial charge in [0.1, 0.15) is 11.4 Å². The minimum atomic E-state index is -0.534. The summed E-state index contributed by atoms with van der Waals surface area (Å²) >= 11 is 8.97. The molecule has 3 amide bonds. The summed E-state index contributed by atoms with van der Waals surface area (Å²) in [5.41, 5.74) is 3.04. The van der Waals surface area contributed by atoms with Gasteiger partial charge in [0.05, 0.1) is 18.6 Å². The Kier molecular flexibility index (Phi) is 10.7. The molecule has 0 unspecified atom stereocenters. The number of hydrogen-bond donors (Lipinski definition) is 3. The largest absolute Gasteiger partial charge is 0.496 e. The third-order valence-electron chi connectivity index (χ3n) is 6.33. The number of ether oxygens (including phenoxy) is 1. The fourth-order valence-electron chi connectivity index (χ4n) is 4.17. The van der Waals surface area contributed by atoms with Crippen LogP contribution in [0.2, 0.25) is 5.02 Å². The molecule has 0 aliphatic carbocycles. The Bertz CT molecular complexity index is 1860. The molecular formula is C34H27ClN4O4S2. The number of para-hydroxylation sites is 1. The molecule has 1 aromatic heterocycles. The minimum Gasteiger partial charge on any atom is -0.496 e. The number of methoxy groups -OCH3 is 1. The monoisotopic (exact) mass is 654 g/mol. The zero-order chi connectivity index (χ0) is 31.6. The van der Waals surface area contributed by atoms with Gasteiger partial charge in [0, 0.05) is 32.1 Å². The van der Waals surface area contributed by atoms with Crippen molar-refractivity contribution >= 4 is 69.3 Å². The zero-order valence-electron chi connectivity index (χ0n) is 24.0. The van der Waals surface area contributed by atoms with Gasteiger partial charge in [-0.2, -0.15) is 0 Å². The second-order valence-corrected chi connectivity index (χ2v) is 11.8. The Morgan fingerprint density at radius 2 is 1.67 bits per heavy atom. The van der Waals surface area contributed by atoms with Gasteiger partial charge in [0.2, 0.25) is 5.91 Å². The van der Waals surface area contributed by atoms with Gasteiger partial charge >= 0.3 is 0 Å². The Morgan fingerprint density at radius 1 is 0.911 bits per heavy atom. The Balaban J connectivity index is 1.23. The molecular weight excluding hydrogens is 628 g/mol. The van der Waals surface area contributed by atoms with Crippen molar-refractivity contribution in [1.29, 1.82) is 0 Å². The van der Waals surface area contributed by atoms with Gasteiger partial charge in [0.15, 0.2) is 5.13 Å². The van der Waals surface area contributed by atoms with Crippen LogP contribution in [0.1, 0.15) is 15.9 Å². The van der Waals surface area contributed by atoms with Gasteiger partial charge in [0.25, 0.3) is 11.8 Å². The number of halogens is 1. The van der Waals surface area contributed by atoms with Crippen LogP contribution in [0.3, 0.4) is 0 Å². The highest BCUT2D eigenvalue weighted by molar-refractivity contribution is 8.00. The van der Waals surface area contributed by atoms with E-state index in [9.17, 15) is 14.4 Å². The van der Waals surface area contributed by atoms with E-state index in [0.29, 0.717) is 38.4 Å². The molecule has 3 N–H and O–H groups in total. The zero-order valence-corrected chi connectivity index (χ0v) is 26.3. The standard InChI is InChI=1S/C34H27ClN4O4S2/c1-43-30-17-8-6-15-26(30)29-20-45-34(38-29)39-31(40)21-44-25-14-9-13-24(19-25)36-33(42)28(18-23-12-5-7-16-27(23)35)37-32(41)22-10-3-2-4-11-22/h2-20H,21H2,1H3,(H,36,42)(H,37,41)(H,38,39,40)/b28-18+. The molecule has 8 nitrogen and oxygen atoms in total. The van der Waals surface area contributed by atoms with Crippen molar-refractivity contribution in [2.45, 2.75) is 4.90 Å². The molecule has 0 atom stereocenters. The number of amides is 3. The van der Waals surface area contributed by atoms with Gasteiger partial charge < -0.3 is 20.7 Å². The molecule has 0 aliphatic rings. The lowest BCUT2D eigenvalue weighted by Crippen LogP contribution is -2.30. The number of hydrogen-bond acceptors (Lipinski definition) is 7. The average Bonchev–Trinajstić information content (AvgIpc) is 3.53. The van der Waals surface area contributed by atoms with Gasteiger partial charge in [-0.15, -0.1) is 23.1 Å². The molecule has 4 aromatic carbocycles. The van der Waals surface area contributed by atoms with Gasteiger partial charge in [-0.1, -0.05) is 66.2 Å². The lowest BCUT2D eigenvalue weighted by Gasteiger charge is -2.12. The Labute approximate surface area is 273 Å². The van der Waals surface area contributed by atoms with E-state index in [-0.39, 0.29) is 17.4 Å². The maximum atomic E-state index is 13.4. The van der Waals surface area contributed by atoms with Gasteiger partial charge in [-0.3, -0.25) is 14.4 Å². The molecule has 1 heterocycles. The van der Waals surface area contributed by atoms with Crippen molar-refractivity contribution < 1.29 is 19.1 Å². The number of rotatable bonds is 11. The normalized spacial score (nSPS) is 11.0. The second kappa shape index (κ2) is 15.2. The molecule has 0 fully saturated rings. The smallest absolute Gasteiger partial charge is 0.272 e. The first kappa shape index (κ1) is 31.5. The summed E-state index contributed by atoms with van der Waals surface area (Å²) in [7, 11) is 1.60. The van der Waals surface area contributed by atoms with Crippen LogP contribution in [-0.2, 0) is 9.59 Å². The third-order valence-corrected chi connectivity index (χ3v) is 8.42. The SMILES string of the molecule is COc1ccccc1-c1csc(NC(=O)CSc2cccc(NC(=O)/C(=C\c3ccccc3Cl)NC(=O)c3ccccc3)c2)n1. The van der Waals surface area contributed by atoms with Crippen molar-refractivity contribution in [2.75, 3.05) is 23.5 Å². The predicted molar refractivity (Wildman–Crippen MR) is 182 cm³/mol. The number of benzene rings is 4. The average molecular weight is 655 g/mol. The number of carbonyl (C=O) groups excluding carboxylic acids is 3. The molecule has 0 radical (unpaired) electrons. The lowest BCUT2D eigenvalue weighted by molar-refractivity contribution is -0.114. The van der Waals surface area contributed by atoms with Crippen LogP contribution >= 0.6 is 34.7 Å². The first-order valence-corrected chi connectivity index (χ1v) is 15.9. The van der Waals surface area contributed by atoms with Crippen molar-refractivity contribution in [3.8, 4) is 17.0 Å². The van der Waals surface area contributed by atoms with Crippen molar-refractivity contribution in [2.24, 2.45) is 0 Å². The van der Waals surface area contributed by atoms with E-state index in [0.717, 1.165) is 10.5 Å². The molecule has 45 heavy (non-hydrogen) atoms. The van der Waals surface area contributed by atoms with E-state index in [1.165, 1.54) is 29.2 Å². The van der Waals surface area contributed by atoms with Crippen LogP contribution in [0, 0.1) is 0 Å². The summed E-state index contributed by atoms with van der Waals surface area (Å²) in [6.07, 6.45) is 1.53. The van der Waals surface area contributed by atoms with E-state index < -0.39 is 11.8 Å². The summed E-state index contributed by atoms with van der Waals surface area (Å²) in [6, 6.07) is 30.3. The summed E-state index contributed by atoms with van der Waals surface area (Å²) < 4.78 is 5.41. The summed E-state index contributed by atoms with van der Waals surface area (Å²) in [6.45, 7) is 0. The number of nitrogens with one attached hydrogen (secondary N) is 3. The molecule has 0 bridgehead atoms. The lowest BCUT2D eigenvalue weighted by atomic mass is 10.1. The van der Waals surface area contributed by atoms with Crippen molar-refractivity contribution in [1.82, 2.24) is 10.3 Å². The number of nitrogens with zero attached hydrogens (tertiary/aromatic N) is 1. The summed E-state index contributed by atoms with van der Waals surface area (Å²) in [5, 5.41) is 11.2. The van der Waals surface area contributed by atoms with E-state index in [4.69, 9.17) is 16.3 Å². The third kappa shape index (κ3) is 8.60.